The van der Waals surface area contributed by atoms with Crippen LogP contribution in [0.15, 0.2) is 0 Å². The monoisotopic (exact) mass is 238 g/mol. The molecule has 4 unspecified atom stereocenters. The SMILES string of the molecule is [B]C1OC(CC)C(OC(=O)CCC(C)=O)C1C. The van der Waals surface area contributed by atoms with Gasteiger partial charge >= 0.3 is 5.97 Å². The molecule has 1 saturated heterocycles. The average molecular weight is 238 g/mol. The van der Waals surface area contributed by atoms with Crippen LogP contribution in [-0.4, -0.2) is 37.8 Å². The number of carbonyl (C=O) groups excluding carboxylic acids is 2. The Balaban J connectivity index is 2.48. The van der Waals surface area contributed by atoms with Crippen molar-refractivity contribution in [1.82, 2.24) is 0 Å². The van der Waals surface area contributed by atoms with Crippen molar-refractivity contribution in [3.8, 4) is 0 Å². The molecule has 4 atom stereocenters. The molecule has 2 radical (unpaired) electrons. The molecule has 0 amide bonds. The molecular weight excluding hydrogens is 219 g/mol. The van der Waals surface area contributed by atoms with Crippen molar-refractivity contribution in [2.75, 3.05) is 0 Å². The quantitative estimate of drug-likeness (QED) is 0.533. The summed E-state index contributed by atoms with van der Waals surface area (Å²) in [7, 11) is 5.76. The molecule has 1 rings (SSSR count). The summed E-state index contributed by atoms with van der Waals surface area (Å²) in [6, 6.07) is -0.384. The van der Waals surface area contributed by atoms with E-state index in [1.165, 1.54) is 6.92 Å². The smallest absolute Gasteiger partial charge is 0.306 e. The van der Waals surface area contributed by atoms with Gasteiger partial charge in [-0.15, -0.1) is 0 Å². The second-order valence-corrected chi connectivity index (χ2v) is 4.56. The molecular formula is C12H19BO4. The lowest BCUT2D eigenvalue weighted by Gasteiger charge is -2.20. The van der Waals surface area contributed by atoms with Gasteiger partial charge in [0.1, 0.15) is 19.7 Å². The van der Waals surface area contributed by atoms with Crippen molar-refractivity contribution in [3.05, 3.63) is 0 Å². The Hall–Kier alpha value is -0.835. The van der Waals surface area contributed by atoms with Crippen LogP contribution < -0.4 is 0 Å². The molecule has 0 bridgehead atoms. The Bertz CT molecular complexity index is 292. The lowest BCUT2D eigenvalue weighted by atomic mass is 9.86. The van der Waals surface area contributed by atoms with E-state index in [1.807, 2.05) is 13.8 Å². The Morgan fingerprint density at radius 2 is 2.00 bits per heavy atom. The van der Waals surface area contributed by atoms with Gasteiger partial charge in [0.2, 0.25) is 0 Å². The molecule has 1 aliphatic heterocycles. The fraction of sp³-hybridized carbons (Fsp3) is 0.833. The molecule has 1 heterocycles. The van der Waals surface area contributed by atoms with Crippen LogP contribution in [0.3, 0.4) is 0 Å². The van der Waals surface area contributed by atoms with E-state index in [-0.39, 0.29) is 48.7 Å². The predicted octanol–water partition coefficient (Wildman–Crippen LogP) is 1.21. The molecule has 1 aliphatic rings. The van der Waals surface area contributed by atoms with Crippen LogP contribution in [0.25, 0.3) is 0 Å². The number of hydrogen-bond acceptors (Lipinski definition) is 4. The molecule has 0 spiro atoms. The second-order valence-electron chi connectivity index (χ2n) is 4.56. The largest absolute Gasteiger partial charge is 0.459 e. The summed E-state index contributed by atoms with van der Waals surface area (Å²) in [6.45, 7) is 5.33. The average Bonchev–Trinajstić information content (AvgIpc) is 2.54. The van der Waals surface area contributed by atoms with Gasteiger partial charge in [-0.05, 0) is 13.3 Å². The first-order chi connectivity index (χ1) is 7.95. The topological polar surface area (TPSA) is 52.6 Å². The first-order valence-electron chi connectivity index (χ1n) is 6.05. The highest BCUT2D eigenvalue weighted by Crippen LogP contribution is 2.29. The number of hydrogen-bond donors (Lipinski definition) is 0. The fourth-order valence-electron chi connectivity index (χ4n) is 1.93. The third kappa shape index (κ3) is 3.84. The van der Waals surface area contributed by atoms with Gasteiger partial charge in [-0.1, -0.05) is 13.8 Å². The van der Waals surface area contributed by atoms with Crippen molar-refractivity contribution in [2.24, 2.45) is 5.92 Å². The summed E-state index contributed by atoms with van der Waals surface area (Å²) in [5.41, 5.74) is 0. The molecule has 94 valence electrons. The zero-order valence-corrected chi connectivity index (χ0v) is 10.6. The zero-order chi connectivity index (χ0) is 13.0. The van der Waals surface area contributed by atoms with E-state index >= 15 is 0 Å². The summed E-state index contributed by atoms with van der Waals surface area (Å²) in [5.74, 6) is -0.379. The van der Waals surface area contributed by atoms with Gasteiger partial charge in [-0.2, -0.15) is 0 Å². The number of Topliss-reactive ketones (excluding diaryl/α,β-unsaturated/α-hetero) is 1. The fourth-order valence-corrected chi connectivity index (χ4v) is 1.93. The van der Waals surface area contributed by atoms with Crippen LogP contribution in [0.5, 0.6) is 0 Å². The van der Waals surface area contributed by atoms with E-state index in [0.29, 0.717) is 0 Å². The summed E-state index contributed by atoms with van der Waals surface area (Å²) < 4.78 is 10.8. The Morgan fingerprint density at radius 1 is 1.35 bits per heavy atom. The molecule has 0 aliphatic carbocycles. The number of rotatable bonds is 5. The minimum atomic E-state index is -0.384. The maximum absolute atomic E-state index is 11.5. The van der Waals surface area contributed by atoms with Crippen LogP contribution >= 0.6 is 0 Å². The van der Waals surface area contributed by atoms with Crippen molar-refractivity contribution in [2.45, 2.75) is 58.2 Å². The summed E-state index contributed by atoms with van der Waals surface area (Å²) in [5, 5.41) is 0. The van der Waals surface area contributed by atoms with Crippen LogP contribution in [0.1, 0.15) is 40.0 Å². The van der Waals surface area contributed by atoms with Crippen molar-refractivity contribution < 1.29 is 19.1 Å². The molecule has 0 aromatic heterocycles. The van der Waals surface area contributed by atoms with Gasteiger partial charge in [0.15, 0.2) is 0 Å². The first kappa shape index (κ1) is 14.2. The maximum Gasteiger partial charge on any atom is 0.306 e. The van der Waals surface area contributed by atoms with Crippen molar-refractivity contribution in [1.29, 1.82) is 0 Å². The van der Waals surface area contributed by atoms with E-state index in [0.717, 1.165) is 6.42 Å². The molecule has 5 heteroatoms. The lowest BCUT2D eigenvalue weighted by molar-refractivity contribution is -0.154. The van der Waals surface area contributed by atoms with E-state index in [2.05, 4.69) is 0 Å². The van der Waals surface area contributed by atoms with Crippen LogP contribution in [0.4, 0.5) is 0 Å². The lowest BCUT2D eigenvalue weighted by Crippen LogP contribution is -2.31. The van der Waals surface area contributed by atoms with E-state index in [4.69, 9.17) is 17.3 Å². The minimum absolute atomic E-state index is 0.0126. The summed E-state index contributed by atoms with van der Waals surface area (Å²) in [4.78, 5) is 22.3. The van der Waals surface area contributed by atoms with E-state index in [9.17, 15) is 9.59 Å². The second kappa shape index (κ2) is 6.19. The Kier molecular flexibility index (Phi) is 5.18. The van der Waals surface area contributed by atoms with Gasteiger partial charge < -0.3 is 14.3 Å². The third-order valence-electron chi connectivity index (χ3n) is 3.09. The van der Waals surface area contributed by atoms with Crippen LogP contribution in [0.2, 0.25) is 0 Å². The van der Waals surface area contributed by atoms with E-state index < -0.39 is 0 Å². The normalized spacial score (nSPS) is 32.4. The molecule has 0 aromatic carbocycles. The Labute approximate surface area is 103 Å². The number of carbonyl (C=O) groups is 2. The highest BCUT2D eigenvalue weighted by atomic mass is 16.6. The molecule has 1 fully saturated rings. The van der Waals surface area contributed by atoms with Gasteiger partial charge in [0.25, 0.3) is 0 Å². The third-order valence-corrected chi connectivity index (χ3v) is 3.09. The predicted molar refractivity (Wildman–Crippen MR) is 63.7 cm³/mol. The van der Waals surface area contributed by atoms with Gasteiger partial charge in [0.05, 0.1) is 12.5 Å². The number of esters is 1. The molecule has 0 aromatic rings. The molecule has 17 heavy (non-hydrogen) atoms. The highest BCUT2D eigenvalue weighted by molar-refractivity contribution is 6.11. The number of ketones is 1. The van der Waals surface area contributed by atoms with E-state index in [1.54, 1.807) is 0 Å². The highest BCUT2D eigenvalue weighted by Gasteiger charge is 2.40. The standard InChI is InChI=1S/C12H19BO4/c1-4-9-11(8(3)12(13)16-9)17-10(15)6-5-7(2)14/h8-9,11-12H,4-6H2,1-3H3. The molecule has 0 N–H and O–H groups in total. The van der Waals surface area contributed by atoms with Gasteiger partial charge in [-0.25, -0.2) is 0 Å². The van der Waals surface area contributed by atoms with Crippen LogP contribution in [-0.2, 0) is 19.1 Å². The summed E-state index contributed by atoms with van der Waals surface area (Å²) in [6.07, 6.45) is 0.673. The van der Waals surface area contributed by atoms with Crippen LogP contribution in [0, 0.1) is 5.92 Å². The maximum atomic E-state index is 11.5. The van der Waals surface area contributed by atoms with Crippen molar-refractivity contribution >= 4 is 19.6 Å². The molecule has 4 nitrogen and oxygen atoms in total. The molecule has 0 saturated carbocycles. The number of ether oxygens (including phenoxy) is 2. The minimum Gasteiger partial charge on any atom is -0.459 e. The first-order valence-corrected chi connectivity index (χ1v) is 6.05. The van der Waals surface area contributed by atoms with Crippen molar-refractivity contribution in [3.63, 3.8) is 0 Å². The summed E-state index contributed by atoms with van der Waals surface area (Å²) >= 11 is 0. The zero-order valence-electron chi connectivity index (χ0n) is 10.6. The Morgan fingerprint density at radius 3 is 2.53 bits per heavy atom. The van der Waals surface area contributed by atoms with Gasteiger partial charge in [-0.3, -0.25) is 4.79 Å². The van der Waals surface area contributed by atoms with Gasteiger partial charge in [0, 0.05) is 18.3 Å².